The highest BCUT2D eigenvalue weighted by Crippen LogP contribution is 1.81. The Morgan fingerprint density at radius 3 is 3.15 bits per heavy atom. The summed E-state index contributed by atoms with van der Waals surface area (Å²) in [6, 6.07) is 0. The zero-order valence-electron chi connectivity index (χ0n) is 7.31. The molecule has 5 nitrogen and oxygen atoms in total. The molecule has 1 rings (SSSR count). The number of nitrogens with zero attached hydrogens (tertiary/aromatic N) is 3. The van der Waals surface area contributed by atoms with Crippen molar-refractivity contribution >= 4 is 5.91 Å². The van der Waals surface area contributed by atoms with E-state index in [9.17, 15) is 4.79 Å². The van der Waals surface area contributed by atoms with Gasteiger partial charge in [0.15, 0.2) is 0 Å². The van der Waals surface area contributed by atoms with E-state index in [0.29, 0.717) is 6.54 Å². The molecule has 0 saturated carbocycles. The highest BCUT2D eigenvalue weighted by molar-refractivity contribution is 5.75. The van der Waals surface area contributed by atoms with Gasteiger partial charge in [0.1, 0.15) is 19.2 Å². The number of hydrogen-bond donors (Lipinski definition) is 1. The monoisotopic (exact) mass is 180 g/mol. The maximum Gasteiger partial charge on any atom is 0.241 e. The lowest BCUT2D eigenvalue weighted by molar-refractivity contribution is -0.121. The van der Waals surface area contributed by atoms with Gasteiger partial charge in [0.25, 0.3) is 0 Å². The summed E-state index contributed by atoms with van der Waals surface area (Å²) in [6.45, 7) is 4.40. The second kappa shape index (κ2) is 5.08. The van der Waals surface area contributed by atoms with Gasteiger partial charge in [-0.25, -0.2) is 9.67 Å². The van der Waals surface area contributed by atoms with Crippen molar-refractivity contribution in [1.82, 2.24) is 20.1 Å². The molecule has 1 aromatic rings. The number of rotatable bonds is 5. The molecule has 1 amide bonds. The molecule has 0 spiro atoms. The van der Waals surface area contributed by atoms with Crippen molar-refractivity contribution in [2.45, 2.75) is 13.0 Å². The molecule has 0 aromatic carbocycles. The summed E-state index contributed by atoms with van der Waals surface area (Å²) >= 11 is 0. The Balaban J connectivity index is 2.22. The summed E-state index contributed by atoms with van der Waals surface area (Å²) in [7, 11) is 0. The molecule has 0 saturated heterocycles. The zero-order chi connectivity index (χ0) is 9.52. The van der Waals surface area contributed by atoms with Crippen LogP contribution in [0.15, 0.2) is 25.3 Å². The van der Waals surface area contributed by atoms with Crippen molar-refractivity contribution < 1.29 is 4.79 Å². The van der Waals surface area contributed by atoms with Crippen molar-refractivity contribution in [3.05, 3.63) is 25.3 Å². The van der Waals surface area contributed by atoms with Gasteiger partial charge in [-0.3, -0.25) is 4.79 Å². The first-order valence-corrected chi connectivity index (χ1v) is 4.03. The van der Waals surface area contributed by atoms with Crippen LogP contribution in [-0.4, -0.2) is 27.2 Å². The maximum absolute atomic E-state index is 11.2. The van der Waals surface area contributed by atoms with Gasteiger partial charge < -0.3 is 5.32 Å². The Hall–Kier alpha value is -1.65. The third kappa shape index (κ3) is 3.50. The lowest BCUT2D eigenvalue weighted by atomic mass is 10.4. The predicted molar refractivity (Wildman–Crippen MR) is 47.8 cm³/mol. The van der Waals surface area contributed by atoms with Crippen LogP contribution in [0.1, 0.15) is 6.42 Å². The fourth-order valence-electron chi connectivity index (χ4n) is 0.831. The van der Waals surface area contributed by atoms with E-state index in [1.54, 1.807) is 6.08 Å². The Labute approximate surface area is 76.5 Å². The average Bonchev–Trinajstić information content (AvgIpc) is 2.57. The minimum atomic E-state index is -0.0626. The van der Waals surface area contributed by atoms with Gasteiger partial charge in [-0.15, -0.1) is 6.58 Å². The molecule has 70 valence electrons. The van der Waals surface area contributed by atoms with Gasteiger partial charge in [-0.2, -0.15) is 5.10 Å². The Kier molecular flexibility index (Phi) is 3.69. The number of hydrogen-bond acceptors (Lipinski definition) is 3. The smallest absolute Gasteiger partial charge is 0.241 e. The van der Waals surface area contributed by atoms with Gasteiger partial charge in [0.05, 0.1) is 0 Å². The minimum Gasteiger partial charge on any atom is -0.354 e. The van der Waals surface area contributed by atoms with E-state index in [0.717, 1.165) is 6.42 Å². The average molecular weight is 180 g/mol. The van der Waals surface area contributed by atoms with E-state index in [-0.39, 0.29) is 12.5 Å². The molecule has 0 unspecified atom stereocenters. The molecule has 0 atom stereocenters. The molecule has 0 radical (unpaired) electrons. The molecule has 0 aliphatic heterocycles. The summed E-state index contributed by atoms with van der Waals surface area (Å²) in [5.41, 5.74) is 0. The predicted octanol–water partition coefficient (Wildman–Crippen LogP) is -0.0296. The van der Waals surface area contributed by atoms with Crippen molar-refractivity contribution in [3.63, 3.8) is 0 Å². The SMILES string of the molecule is C=CCCNC(=O)Cn1cncn1. The third-order valence-electron chi connectivity index (χ3n) is 1.44. The normalized spacial score (nSPS) is 9.54. The fraction of sp³-hybridized carbons (Fsp3) is 0.375. The third-order valence-corrected chi connectivity index (χ3v) is 1.44. The Morgan fingerprint density at radius 2 is 2.54 bits per heavy atom. The topological polar surface area (TPSA) is 59.8 Å². The van der Waals surface area contributed by atoms with Crippen LogP contribution in [0.4, 0.5) is 0 Å². The van der Waals surface area contributed by atoms with Gasteiger partial charge in [-0.05, 0) is 6.42 Å². The first-order valence-electron chi connectivity index (χ1n) is 4.03. The molecule has 1 heterocycles. The molecule has 0 aliphatic rings. The lowest BCUT2D eigenvalue weighted by Gasteiger charge is -2.02. The van der Waals surface area contributed by atoms with E-state index < -0.39 is 0 Å². The molecular formula is C8H12N4O. The fourth-order valence-corrected chi connectivity index (χ4v) is 0.831. The van der Waals surface area contributed by atoms with Crippen molar-refractivity contribution in [2.75, 3.05) is 6.54 Å². The minimum absolute atomic E-state index is 0.0626. The Morgan fingerprint density at radius 1 is 1.69 bits per heavy atom. The summed E-state index contributed by atoms with van der Waals surface area (Å²) in [5.74, 6) is -0.0626. The quantitative estimate of drug-likeness (QED) is 0.511. The first-order chi connectivity index (χ1) is 6.33. The standard InChI is InChI=1S/C8H12N4O/c1-2-3-4-10-8(13)5-12-7-9-6-11-12/h2,6-7H,1,3-5H2,(H,10,13). The van der Waals surface area contributed by atoms with Gasteiger partial charge in [0, 0.05) is 6.54 Å². The van der Waals surface area contributed by atoms with Crippen molar-refractivity contribution in [1.29, 1.82) is 0 Å². The lowest BCUT2D eigenvalue weighted by Crippen LogP contribution is -2.28. The summed E-state index contributed by atoms with van der Waals surface area (Å²) in [6.07, 6.45) is 5.45. The van der Waals surface area contributed by atoms with Gasteiger partial charge in [0.2, 0.25) is 5.91 Å². The second-order valence-corrected chi connectivity index (χ2v) is 2.52. The molecule has 1 aromatic heterocycles. The van der Waals surface area contributed by atoms with Crippen molar-refractivity contribution in [2.24, 2.45) is 0 Å². The number of amides is 1. The molecule has 13 heavy (non-hydrogen) atoms. The number of aromatic nitrogens is 3. The first kappa shape index (κ1) is 9.44. The molecule has 1 N–H and O–H groups in total. The van der Waals surface area contributed by atoms with Crippen LogP contribution >= 0.6 is 0 Å². The van der Waals surface area contributed by atoms with Crippen LogP contribution in [0.25, 0.3) is 0 Å². The molecule has 5 heteroatoms. The number of carbonyl (C=O) groups excluding carboxylic acids is 1. The number of nitrogens with one attached hydrogen (secondary N) is 1. The van der Waals surface area contributed by atoms with Crippen LogP contribution in [0.2, 0.25) is 0 Å². The summed E-state index contributed by atoms with van der Waals surface area (Å²) in [5, 5.41) is 6.53. The molecular weight excluding hydrogens is 168 g/mol. The van der Waals surface area contributed by atoms with Crippen LogP contribution in [0, 0.1) is 0 Å². The van der Waals surface area contributed by atoms with Crippen LogP contribution < -0.4 is 5.32 Å². The zero-order valence-corrected chi connectivity index (χ0v) is 7.31. The van der Waals surface area contributed by atoms with Gasteiger partial charge in [-0.1, -0.05) is 6.08 Å². The molecule has 0 fully saturated rings. The molecule has 0 aliphatic carbocycles. The second-order valence-electron chi connectivity index (χ2n) is 2.52. The highest BCUT2D eigenvalue weighted by Gasteiger charge is 2.00. The van der Waals surface area contributed by atoms with E-state index in [4.69, 9.17) is 0 Å². The van der Waals surface area contributed by atoms with E-state index in [1.807, 2.05) is 0 Å². The highest BCUT2D eigenvalue weighted by atomic mass is 16.2. The van der Waals surface area contributed by atoms with Crippen molar-refractivity contribution in [3.8, 4) is 0 Å². The van der Waals surface area contributed by atoms with Gasteiger partial charge >= 0.3 is 0 Å². The Bertz CT molecular complexity index is 268. The van der Waals surface area contributed by atoms with E-state index >= 15 is 0 Å². The van der Waals surface area contributed by atoms with E-state index in [1.165, 1.54) is 17.3 Å². The summed E-state index contributed by atoms with van der Waals surface area (Å²) in [4.78, 5) is 14.9. The number of carbonyl (C=O) groups is 1. The van der Waals surface area contributed by atoms with Crippen LogP contribution in [0.5, 0.6) is 0 Å². The summed E-state index contributed by atoms with van der Waals surface area (Å²) < 4.78 is 1.48. The van der Waals surface area contributed by atoms with E-state index in [2.05, 4.69) is 22.0 Å². The molecule has 0 bridgehead atoms. The maximum atomic E-state index is 11.2. The van der Waals surface area contributed by atoms with Crippen LogP contribution in [-0.2, 0) is 11.3 Å². The largest absolute Gasteiger partial charge is 0.354 e. The van der Waals surface area contributed by atoms with Crippen LogP contribution in [0.3, 0.4) is 0 Å².